The topological polar surface area (TPSA) is 62.7 Å². The molecule has 2 aromatic rings. The van der Waals surface area contributed by atoms with Crippen molar-refractivity contribution < 1.29 is 4.79 Å². The molecule has 0 aliphatic heterocycles. The molecule has 0 bridgehead atoms. The Labute approximate surface area is 128 Å². The van der Waals surface area contributed by atoms with Gasteiger partial charge in [0.15, 0.2) is 10.6 Å². The Bertz CT molecular complexity index is 684. The Morgan fingerprint density at radius 2 is 2.19 bits per heavy atom. The molecule has 0 saturated heterocycles. The van der Waals surface area contributed by atoms with Crippen LogP contribution < -0.4 is 5.32 Å². The van der Waals surface area contributed by atoms with Crippen LogP contribution in [0.5, 0.6) is 0 Å². The van der Waals surface area contributed by atoms with Gasteiger partial charge in [0.25, 0.3) is 0 Å². The van der Waals surface area contributed by atoms with E-state index < -0.39 is 0 Å². The summed E-state index contributed by atoms with van der Waals surface area (Å²) in [7, 11) is 0. The highest BCUT2D eigenvalue weighted by Crippen LogP contribution is 2.18. The summed E-state index contributed by atoms with van der Waals surface area (Å²) in [4.78, 5) is 11.7. The SMILES string of the molecule is C=CCNC(=O)CCn1c(-c2ccc(C)cc2)n[nH]c1=S. The number of hydrogen-bond donors (Lipinski definition) is 2. The summed E-state index contributed by atoms with van der Waals surface area (Å²) in [6, 6.07) is 8.03. The third-order valence-corrected chi connectivity index (χ3v) is 3.39. The smallest absolute Gasteiger partial charge is 0.222 e. The van der Waals surface area contributed by atoms with Gasteiger partial charge in [0, 0.05) is 25.1 Å². The Morgan fingerprint density at radius 3 is 2.86 bits per heavy atom. The van der Waals surface area contributed by atoms with Crippen LogP contribution in [0.25, 0.3) is 11.4 Å². The van der Waals surface area contributed by atoms with Crippen molar-refractivity contribution in [2.75, 3.05) is 6.54 Å². The van der Waals surface area contributed by atoms with Gasteiger partial charge in [-0.25, -0.2) is 0 Å². The first-order valence-corrected chi connectivity index (χ1v) is 7.12. The van der Waals surface area contributed by atoms with Crippen LogP contribution >= 0.6 is 12.2 Å². The molecule has 110 valence electrons. The van der Waals surface area contributed by atoms with Crippen LogP contribution in [0.1, 0.15) is 12.0 Å². The van der Waals surface area contributed by atoms with Gasteiger partial charge in [0.1, 0.15) is 0 Å². The molecule has 2 rings (SSSR count). The van der Waals surface area contributed by atoms with Crippen LogP contribution in [0.4, 0.5) is 0 Å². The normalized spacial score (nSPS) is 10.3. The monoisotopic (exact) mass is 302 g/mol. The van der Waals surface area contributed by atoms with Gasteiger partial charge >= 0.3 is 0 Å². The first-order chi connectivity index (χ1) is 10.1. The molecular weight excluding hydrogens is 284 g/mol. The fourth-order valence-electron chi connectivity index (χ4n) is 1.94. The molecule has 0 radical (unpaired) electrons. The van der Waals surface area contributed by atoms with E-state index in [0.717, 1.165) is 11.4 Å². The van der Waals surface area contributed by atoms with E-state index in [9.17, 15) is 4.79 Å². The molecular formula is C15H18N4OS. The van der Waals surface area contributed by atoms with E-state index in [1.165, 1.54) is 5.56 Å². The molecule has 5 nitrogen and oxygen atoms in total. The van der Waals surface area contributed by atoms with E-state index in [2.05, 4.69) is 22.1 Å². The van der Waals surface area contributed by atoms with Crippen molar-refractivity contribution >= 4 is 18.1 Å². The maximum atomic E-state index is 11.7. The van der Waals surface area contributed by atoms with Crippen molar-refractivity contribution in [2.45, 2.75) is 19.9 Å². The van der Waals surface area contributed by atoms with Gasteiger partial charge in [-0.2, -0.15) is 5.10 Å². The number of amides is 1. The van der Waals surface area contributed by atoms with Crippen LogP contribution in [0.2, 0.25) is 0 Å². The van der Waals surface area contributed by atoms with Crippen molar-refractivity contribution in [2.24, 2.45) is 0 Å². The quantitative estimate of drug-likeness (QED) is 0.637. The highest BCUT2D eigenvalue weighted by atomic mass is 32.1. The van der Waals surface area contributed by atoms with Crippen molar-refractivity contribution in [3.63, 3.8) is 0 Å². The molecule has 1 aromatic carbocycles. The minimum atomic E-state index is -0.0344. The number of carbonyl (C=O) groups excluding carboxylic acids is 1. The summed E-state index contributed by atoms with van der Waals surface area (Å²) in [6.45, 7) is 6.56. The zero-order chi connectivity index (χ0) is 15.2. The Hall–Kier alpha value is -2.21. The third kappa shape index (κ3) is 3.88. The van der Waals surface area contributed by atoms with Crippen LogP contribution in [0, 0.1) is 11.7 Å². The lowest BCUT2D eigenvalue weighted by Crippen LogP contribution is -2.24. The first kappa shape index (κ1) is 15.2. The predicted molar refractivity (Wildman–Crippen MR) is 85.4 cm³/mol. The van der Waals surface area contributed by atoms with E-state index in [0.29, 0.717) is 24.3 Å². The largest absolute Gasteiger partial charge is 0.353 e. The van der Waals surface area contributed by atoms with Crippen molar-refractivity contribution in [1.82, 2.24) is 20.1 Å². The molecule has 0 saturated carbocycles. The van der Waals surface area contributed by atoms with Gasteiger partial charge in [0.05, 0.1) is 0 Å². The molecule has 0 unspecified atom stereocenters. The number of carbonyl (C=O) groups is 1. The highest BCUT2D eigenvalue weighted by molar-refractivity contribution is 7.71. The molecule has 0 spiro atoms. The Kier molecular flexibility index (Phi) is 5.05. The third-order valence-electron chi connectivity index (χ3n) is 3.07. The maximum absolute atomic E-state index is 11.7. The van der Waals surface area contributed by atoms with Gasteiger partial charge in [-0.1, -0.05) is 35.9 Å². The molecule has 0 fully saturated rings. The van der Waals surface area contributed by atoms with Gasteiger partial charge < -0.3 is 5.32 Å². The summed E-state index contributed by atoms with van der Waals surface area (Å²) in [5.41, 5.74) is 2.16. The summed E-state index contributed by atoms with van der Waals surface area (Å²) < 4.78 is 2.36. The second-order valence-corrected chi connectivity index (χ2v) is 5.10. The van der Waals surface area contributed by atoms with Gasteiger partial charge in [-0.05, 0) is 19.1 Å². The van der Waals surface area contributed by atoms with Crippen LogP contribution in [0.15, 0.2) is 36.9 Å². The number of benzene rings is 1. The lowest BCUT2D eigenvalue weighted by atomic mass is 10.1. The predicted octanol–water partition coefficient (Wildman–Crippen LogP) is 2.61. The maximum Gasteiger partial charge on any atom is 0.222 e. The number of H-pyrrole nitrogens is 1. The second-order valence-electron chi connectivity index (χ2n) is 4.71. The number of hydrogen-bond acceptors (Lipinski definition) is 3. The lowest BCUT2D eigenvalue weighted by Gasteiger charge is -2.07. The Morgan fingerprint density at radius 1 is 1.48 bits per heavy atom. The summed E-state index contributed by atoms with van der Waals surface area (Å²) >= 11 is 5.24. The number of rotatable bonds is 6. The molecule has 6 heteroatoms. The van der Waals surface area contributed by atoms with Crippen LogP contribution in [-0.2, 0) is 11.3 Å². The van der Waals surface area contributed by atoms with Crippen LogP contribution in [0.3, 0.4) is 0 Å². The molecule has 0 aliphatic carbocycles. The number of aryl methyl sites for hydroxylation is 1. The number of aromatic nitrogens is 3. The minimum Gasteiger partial charge on any atom is -0.353 e. The molecule has 0 aliphatic rings. The molecule has 1 amide bonds. The van der Waals surface area contributed by atoms with E-state index in [1.807, 2.05) is 35.8 Å². The minimum absolute atomic E-state index is 0.0344. The molecule has 21 heavy (non-hydrogen) atoms. The van der Waals surface area contributed by atoms with Crippen molar-refractivity contribution in [1.29, 1.82) is 0 Å². The Balaban J connectivity index is 2.15. The first-order valence-electron chi connectivity index (χ1n) is 6.71. The zero-order valence-corrected chi connectivity index (χ0v) is 12.7. The number of nitrogens with one attached hydrogen (secondary N) is 2. The average Bonchev–Trinajstić information content (AvgIpc) is 2.85. The fraction of sp³-hybridized carbons (Fsp3) is 0.267. The van der Waals surface area contributed by atoms with E-state index >= 15 is 0 Å². The number of nitrogens with zero attached hydrogens (tertiary/aromatic N) is 2. The van der Waals surface area contributed by atoms with E-state index in [-0.39, 0.29) is 5.91 Å². The lowest BCUT2D eigenvalue weighted by molar-refractivity contribution is -0.121. The zero-order valence-electron chi connectivity index (χ0n) is 11.9. The molecule has 2 N–H and O–H groups in total. The number of aromatic amines is 1. The van der Waals surface area contributed by atoms with Crippen molar-refractivity contribution in [3.05, 3.63) is 47.3 Å². The average molecular weight is 302 g/mol. The summed E-state index contributed by atoms with van der Waals surface area (Å²) in [6.07, 6.45) is 2.00. The van der Waals surface area contributed by atoms with Gasteiger partial charge in [-0.3, -0.25) is 14.5 Å². The van der Waals surface area contributed by atoms with Gasteiger partial charge in [0.2, 0.25) is 5.91 Å². The molecule has 1 aromatic heterocycles. The standard InChI is InChI=1S/C15H18N4OS/c1-3-9-16-13(20)8-10-19-14(17-18-15(19)21)12-6-4-11(2)5-7-12/h3-7H,1,8-10H2,2H3,(H,16,20)(H,18,21). The fourth-order valence-corrected chi connectivity index (χ4v) is 2.16. The highest BCUT2D eigenvalue weighted by Gasteiger charge is 2.10. The van der Waals surface area contributed by atoms with Crippen molar-refractivity contribution in [3.8, 4) is 11.4 Å². The van der Waals surface area contributed by atoms with Gasteiger partial charge in [-0.15, -0.1) is 6.58 Å². The second kappa shape index (κ2) is 6.99. The molecule has 1 heterocycles. The van der Waals surface area contributed by atoms with Crippen LogP contribution in [-0.4, -0.2) is 27.2 Å². The van der Waals surface area contributed by atoms with E-state index in [4.69, 9.17) is 12.2 Å². The van der Waals surface area contributed by atoms with E-state index in [1.54, 1.807) is 6.08 Å². The summed E-state index contributed by atoms with van der Waals surface area (Å²) in [5.74, 6) is 0.712. The summed E-state index contributed by atoms with van der Waals surface area (Å²) in [5, 5.41) is 9.78. The molecule has 0 atom stereocenters.